The SMILES string of the molecule is CCc1c(C(=O)N2CC[S@](=O)C(C)(C)C2)nnn1CC. The molecular weight excluding hydrogens is 276 g/mol. The van der Waals surface area contributed by atoms with E-state index >= 15 is 0 Å². The Balaban J connectivity index is 2.24. The Morgan fingerprint density at radius 3 is 2.65 bits per heavy atom. The Hall–Kier alpha value is -1.24. The average Bonchev–Trinajstić information content (AvgIpc) is 2.83. The van der Waals surface area contributed by atoms with Crippen LogP contribution in [0.5, 0.6) is 0 Å². The van der Waals surface area contributed by atoms with Crippen molar-refractivity contribution in [1.82, 2.24) is 19.9 Å². The van der Waals surface area contributed by atoms with E-state index in [1.54, 1.807) is 9.58 Å². The van der Waals surface area contributed by atoms with E-state index in [2.05, 4.69) is 10.3 Å². The van der Waals surface area contributed by atoms with Crippen LogP contribution in [0.15, 0.2) is 0 Å². The predicted molar refractivity (Wildman–Crippen MR) is 78.1 cm³/mol. The monoisotopic (exact) mass is 298 g/mol. The van der Waals surface area contributed by atoms with E-state index in [1.165, 1.54) is 0 Å². The fraction of sp³-hybridized carbons (Fsp3) is 0.769. The van der Waals surface area contributed by atoms with Crippen LogP contribution in [0, 0.1) is 0 Å². The molecule has 2 heterocycles. The lowest BCUT2D eigenvalue weighted by molar-refractivity contribution is 0.0738. The standard InChI is InChI=1S/C13H22N4O2S/c1-5-10-11(14-15-17(10)6-2)12(18)16-7-8-20(19)13(3,4)9-16/h5-9H2,1-4H3/t20-/m0/s1. The fourth-order valence-electron chi connectivity index (χ4n) is 2.51. The number of aromatic nitrogens is 3. The van der Waals surface area contributed by atoms with Crippen molar-refractivity contribution in [2.75, 3.05) is 18.8 Å². The molecule has 1 amide bonds. The molecule has 1 saturated heterocycles. The zero-order chi connectivity index (χ0) is 14.9. The maximum atomic E-state index is 12.6. The van der Waals surface area contributed by atoms with Gasteiger partial charge < -0.3 is 4.90 Å². The van der Waals surface area contributed by atoms with Crippen LogP contribution in [0.1, 0.15) is 43.9 Å². The summed E-state index contributed by atoms with van der Waals surface area (Å²) in [6, 6.07) is 0. The van der Waals surface area contributed by atoms with Gasteiger partial charge in [0.1, 0.15) is 0 Å². The molecule has 7 heteroatoms. The second-order valence-corrected chi connectivity index (χ2v) is 7.79. The number of amides is 1. The minimum atomic E-state index is -0.883. The van der Waals surface area contributed by atoms with E-state index in [4.69, 9.17) is 0 Å². The number of hydrogen-bond acceptors (Lipinski definition) is 4. The second kappa shape index (κ2) is 5.63. The molecule has 1 aliphatic rings. The van der Waals surface area contributed by atoms with Gasteiger partial charge in [0.25, 0.3) is 5.91 Å². The van der Waals surface area contributed by atoms with Gasteiger partial charge in [0.2, 0.25) is 0 Å². The number of carbonyl (C=O) groups is 1. The molecule has 112 valence electrons. The Labute approximate surface area is 122 Å². The Bertz CT molecular complexity index is 538. The Morgan fingerprint density at radius 2 is 2.10 bits per heavy atom. The van der Waals surface area contributed by atoms with Crippen molar-refractivity contribution >= 4 is 16.7 Å². The van der Waals surface area contributed by atoms with Gasteiger partial charge in [0, 0.05) is 36.2 Å². The summed E-state index contributed by atoms with van der Waals surface area (Å²) in [6.07, 6.45) is 0.727. The van der Waals surface area contributed by atoms with Gasteiger partial charge in [-0.2, -0.15) is 0 Å². The quantitative estimate of drug-likeness (QED) is 0.829. The summed E-state index contributed by atoms with van der Waals surface area (Å²) in [5.74, 6) is 0.439. The molecule has 0 aromatic carbocycles. The van der Waals surface area contributed by atoms with Gasteiger partial charge in [-0.15, -0.1) is 5.10 Å². The summed E-state index contributed by atoms with van der Waals surface area (Å²) in [5, 5.41) is 8.08. The summed E-state index contributed by atoms with van der Waals surface area (Å²) < 4.78 is 13.3. The number of rotatable bonds is 3. The van der Waals surface area contributed by atoms with E-state index in [9.17, 15) is 9.00 Å². The summed E-state index contributed by atoms with van der Waals surface area (Å²) >= 11 is 0. The first-order valence-corrected chi connectivity index (χ1v) is 8.32. The summed E-state index contributed by atoms with van der Waals surface area (Å²) in [7, 11) is -0.883. The van der Waals surface area contributed by atoms with Gasteiger partial charge >= 0.3 is 0 Å². The zero-order valence-electron chi connectivity index (χ0n) is 12.5. The molecule has 1 aromatic heterocycles. The highest BCUT2D eigenvalue weighted by atomic mass is 32.2. The van der Waals surface area contributed by atoms with E-state index < -0.39 is 10.8 Å². The highest BCUT2D eigenvalue weighted by Gasteiger charge is 2.36. The largest absolute Gasteiger partial charge is 0.335 e. The minimum Gasteiger partial charge on any atom is -0.335 e. The predicted octanol–water partition coefficient (Wildman–Crippen LogP) is 0.843. The maximum Gasteiger partial charge on any atom is 0.276 e. The lowest BCUT2D eigenvalue weighted by Gasteiger charge is -2.36. The molecule has 0 radical (unpaired) electrons. The first kappa shape index (κ1) is 15.2. The zero-order valence-corrected chi connectivity index (χ0v) is 13.4. The molecule has 1 atom stereocenters. The summed E-state index contributed by atoms with van der Waals surface area (Å²) in [4.78, 5) is 14.4. The topological polar surface area (TPSA) is 68.1 Å². The fourth-order valence-corrected chi connectivity index (χ4v) is 3.74. The van der Waals surface area contributed by atoms with Crippen LogP contribution in [0.25, 0.3) is 0 Å². The molecule has 0 aliphatic carbocycles. The van der Waals surface area contributed by atoms with Crippen molar-refractivity contribution in [3.8, 4) is 0 Å². The molecule has 1 aromatic rings. The number of carbonyl (C=O) groups excluding carboxylic acids is 1. The molecule has 0 saturated carbocycles. The van der Waals surface area contributed by atoms with Gasteiger partial charge in [-0.25, -0.2) is 4.68 Å². The molecule has 1 fully saturated rings. The number of hydrogen-bond donors (Lipinski definition) is 0. The third-order valence-electron chi connectivity index (χ3n) is 3.70. The first-order valence-electron chi connectivity index (χ1n) is 7.00. The lowest BCUT2D eigenvalue weighted by atomic mass is 10.1. The molecule has 20 heavy (non-hydrogen) atoms. The van der Waals surface area contributed by atoms with Crippen molar-refractivity contribution < 1.29 is 9.00 Å². The number of aryl methyl sites for hydroxylation is 1. The van der Waals surface area contributed by atoms with Crippen LogP contribution >= 0.6 is 0 Å². The number of nitrogens with zero attached hydrogens (tertiary/aromatic N) is 4. The van der Waals surface area contributed by atoms with Gasteiger partial charge in [0.15, 0.2) is 5.69 Å². The average molecular weight is 298 g/mol. The highest BCUT2D eigenvalue weighted by molar-refractivity contribution is 7.86. The highest BCUT2D eigenvalue weighted by Crippen LogP contribution is 2.22. The molecule has 0 N–H and O–H groups in total. The summed E-state index contributed by atoms with van der Waals surface area (Å²) in [6.45, 7) is 9.58. The molecule has 0 bridgehead atoms. The van der Waals surface area contributed by atoms with Crippen LogP contribution in [-0.4, -0.2) is 53.6 Å². The van der Waals surface area contributed by atoms with Crippen molar-refractivity contribution in [2.24, 2.45) is 0 Å². The van der Waals surface area contributed by atoms with Gasteiger partial charge in [0.05, 0.1) is 10.4 Å². The van der Waals surface area contributed by atoms with Crippen molar-refractivity contribution in [2.45, 2.75) is 45.4 Å². The third kappa shape index (κ3) is 2.63. The lowest BCUT2D eigenvalue weighted by Crippen LogP contribution is -2.52. The summed E-state index contributed by atoms with van der Waals surface area (Å²) in [5.41, 5.74) is 1.32. The molecule has 0 spiro atoms. The third-order valence-corrected chi connectivity index (χ3v) is 5.61. The van der Waals surface area contributed by atoms with Crippen LogP contribution < -0.4 is 0 Å². The molecule has 1 aliphatic heterocycles. The van der Waals surface area contributed by atoms with Crippen molar-refractivity contribution in [1.29, 1.82) is 0 Å². The molecule has 2 rings (SSSR count). The van der Waals surface area contributed by atoms with Gasteiger partial charge in [-0.3, -0.25) is 9.00 Å². The van der Waals surface area contributed by atoms with Gasteiger partial charge in [-0.05, 0) is 27.2 Å². The normalized spacial score (nSPS) is 22.0. The van der Waals surface area contributed by atoms with E-state index in [-0.39, 0.29) is 10.7 Å². The van der Waals surface area contributed by atoms with Crippen LogP contribution in [-0.2, 0) is 23.8 Å². The van der Waals surface area contributed by atoms with Crippen molar-refractivity contribution in [3.63, 3.8) is 0 Å². The van der Waals surface area contributed by atoms with Crippen LogP contribution in [0.4, 0.5) is 0 Å². The van der Waals surface area contributed by atoms with E-state index in [0.717, 1.165) is 12.1 Å². The molecular formula is C13H22N4O2S. The van der Waals surface area contributed by atoms with Crippen LogP contribution in [0.3, 0.4) is 0 Å². The Kier molecular flexibility index (Phi) is 4.27. The van der Waals surface area contributed by atoms with E-state index in [1.807, 2.05) is 27.7 Å². The second-order valence-electron chi connectivity index (χ2n) is 5.59. The minimum absolute atomic E-state index is 0.0914. The van der Waals surface area contributed by atoms with Gasteiger partial charge in [-0.1, -0.05) is 12.1 Å². The van der Waals surface area contributed by atoms with Crippen LogP contribution in [0.2, 0.25) is 0 Å². The molecule has 6 nitrogen and oxygen atoms in total. The van der Waals surface area contributed by atoms with Crippen molar-refractivity contribution in [3.05, 3.63) is 11.4 Å². The van der Waals surface area contributed by atoms with E-state index in [0.29, 0.717) is 31.1 Å². The maximum absolute atomic E-state index is 12.6. The Morgan fingerprint density at radius 1 is 1.40 bits per heavy atom. The molecule has 0 unspecified atom stereocenters. The smallest absolute Gasteiger partial charge is 0.276 e. The first-order chi connectivity index (χ1) is 9.40.